The van der Waals surface area contributed by atoms with Gasteiger partial charge in [-0.15, -0.1) is 11.8 Å². The molecule has 1 N–H and O–H groups in total. The molecule has 3 aromatic rings. The summed E-state index contributed by atoms with van der Waals surface area (Å²) in [5.41, 5.74) is 0.921. The number of hydrogen-bond acceptors (Lipinski definition) is 5. The molecule has 0 heterocycles. The highest BCUT2D eigenvalue weighted by molar-refractivity contribution is 7.98. The molecule has 0 aromatic heterocycles. The van der Waals surface area contributed by atoms with Crippen LogP contribution in [0.2, 0.25) is 0 Å². The number of ether oxygens (including phenoxy) is 1. The Morgan fingerprint density at radius 3 is 2.30 bits per heavy atom. The number of carbonyl (C=O) groups excluding carboxylic acids is 1. The Hall–Kier alpha value is -2.97. The Bertz CT molecular complexity index is 1120. The second-order valence-corrected chi connectivity index (χ2v) is 8.96. The minimum atomic E-state index is -4.00. The molecular weight excluding hydrogens is 420 g/mol. The van der Waals surface area contributed by atoms with E-state index in [1.165, 1.54) is 31.0 Å². The average molecular weight is 443 g/mol. The van der Waals surface area contributed by atoms with Gasteiger partial charge in [0.25, 0.3) is 10.0 Å². The molecule has 30 heavy (non-hydrogen) atoms. The molecular formula is C22H22N2O4S2. The average Bonchev–Trinajstić information content (AvgIpc) is 2.78. The Morgan fingerprint density at radius 1 is 0.967 bits per heavy atom. The van der Waals surface area contributed by atoms with Gasteiger partial charge in [0.05, 0.1) is 23.4 Å². The predicted molar refractivity (Wildman–Crippen MR) is 121 cm³/mol. The van der Waals surface area contributed by atoms with Crippen LogP contribution >= 0.6 is 11.8 Å². The molecule has 0 saturated heterocycles. The van der Waals surface area contributed by atoms with E-state index in [2.05, 4.69) is 5.32 Å². The molecule has 0 spiro atoms. The number of thioether (sulfide) groups is 1. The molecule has 0 aliphatic rings. The summed E-state index contributed by atoms with van der Waals surface area (Å²) in [7, 11) is -2.54. The summed E-state index contributed by atoms with van der Waals surface area (Å²) in [6.45, 7) is -0.402. The first-order valence-electron chi connectivity index (χ1n) is 9.11. The van der Waals surface area contributed by atoms with Crippen molar-refractivity contribution < 1.29 is 17.9 Å². The van der Waals surface area contributed by atoms with Gasteiger partial charge in [0.15, 0.2) is 0 Å². The molecule has 1 amide bonds. The van der Waals surface area contributed by atoms with E-state index < -0.39 is 22.5 Å². The number of nitrogens with one attached hydrogen (secondary N) is 1. The summed E-state index contributed by atoms with van der Waals surface area (Å²) in [6, 6.07) is 22.1. The minimum absolute atomic E-state index is 0.0909. The van der Waals surface area contributed by atoms with Crippen LogP contribution in [0, 0.1) is 0 Å². The molecule has 0 radical (unpaired) electrons. The number of rotatable bonds is 8. The molecule has 0 unspecified atom stereocenters. The number of amides is 1. The normalized spacial score (nSPS) is 11.0. The summed E-state index contributed by atoms with van der Waals surface area (Å²) >= 11 is 1.49. The van der Waals surface area contributed by atoms with Gasteiger partial charge in [0.2, 0.25) is 5.91 Å². The monoisotopic (exact) mass is 442 g/mol. The van der Waals surface area contributed by atoms with Crippen molar-refractivity contribution in [1.82, 2.24) is 0 Å². The number of benzene rings is 3. The number of sulfonamides is 1. The first-order valence-corrected chi connectivity index (χ1v) is 11.8. The second-order valence-electron chi connectivity index (χ2n) is 6.25. The number of carbonyl (C=O) groups is 1. The van der Waals surface area contributed by atoms with E-state index in [4.69, 9.17) is 4.74 Å². The lowest BCUT2D eigenvalue weighted by molar-refractivity contribution is -0.114. The summed E-state index contributed by atoms with van der Waals surface area (Å²) < 4.78 is 33.2. The summed E-state index contributed by atoms with van der Waals surface area (Å²) in [5.74, 6) is -0.101. The molecule has 0 aliphatic carbocycles. The number of para-hydroxylation sites is 3. The van der Waals surface area contributed by atoms with E-state index in [1.54, 1.807) is 48.5 Å². The van der Waals surface area contributed by atoms with Crippen LogP contribution in [0.5, 0.6) is 5.75 Å². The van der Waals surface area contributed by atoms with Crippen LogP contribution in [0.15, 0.2) is 88.7 Å². The third-order valence-corrected chi connectivity index (χ3v) is 6.92. The topological polar surface area (TPSA) is 75.7 Å². The van der Waals surface area contributed by atoms with E-state index in [-0.39, 0.29) is 10.6 Å². The Morgan fingerprint density at radius 2 is 1.60 bits per heavy atom. The maximum atomic E-state index is 13.4. The number of methoxy groups -OCH3 is 1. The lowest BCUT2D eigenvalue weighted by Crippen LogP contribution is -2.38. The SMILES string of the molecule is COc1ccccc1N(CC(=O)Nc1ccccc1SC)S(=O)(=O)c1ccccc1. The van der Waals surface area contributed by atoms with Crippen molar-refractivity contribution >= 4 is 39.1 Å². The quantitative estimate of drug-likeness (QED) is 0.528. The zero-order valence-corrected chi connectivity index (χ0v) is 18.2. The Balaban J connectivity index is 1.99. The lowest BCUT2D eigenvalue weighted by Gasteiger charge is -2.25. The standard InChI is InChI=1S/C22H22N2O4S2/c1-28-20-14-8-7-13-19(20)24(30(26,27)17-10-4-3-5-11-17)16-22(25)23-18-12-6-9-15-21(18)29-2/h3-15H,16H2,1-2H3,(H,23,25). The third-order valence-electron chi connectivity index (χ3n) is 4.35. The van der Waals surface area contributed by atoms with Crippen LogP contribution in [0.3, 0.4) is 0 Å². The molecule has 0 aliphatic heterocycles. The molecule has 8 heteroatoms. The second kappa shape index (κ2) is 9.69. The first-order chi connectivity index (χ1) is 14.5. The van der Waals surface area contributed by atoms with Crippen LogP contribution in [0.4, 0.5) is 11.4 Å². The van der Waals surface area contributed by atoms with Gasteiger partial charge in [-0.2, -0.15) is 0 Å². The smallest absolute Gasteiger partial charge is 0.264 e. The van der Waals surface area contributed by atoms with Crippen LogP contribution < -0.4 is 14.4 Å². The van der Waals surface area contributed by atoms with E-state index in [0.717, 1.165) is 9.20 Å². The Kier molecular flexibility index (Phi) is 7.02. The Labute approximate surface area is 180 Å². The number of anilines is 2. The predicted octanol–water partition coefficient (Wildman–Crippen LogP) is 4.25. The van der Waals surface area contributed by atoms with Crippen molar-refractivity contribution in [2.45, 2.75) is 9.79 Å². The van der Waals surface area contributed by atoms with Gasteiger partial charge >= 0.3 is 0 Å². The van der Waals surface area contributed by atoms with Gasteiger partial charge < -0.3 is 10.1 Å². The van der Waals surface area contributed by atoms with Crippen molar-refractivity contribution in [2.24, 2.45) is 0 Å². The molecule has 0 saturated carbocycles. The van der Waals surface area contributed by atoms with Crippen LogP contribution in [0.25, 0.3) is 0 Å². The summed E-state index contributed by atoms with van der Waals surface area (Å²) in [5, 5.41) is 2.82. The van der Waals surface area contributed by atoms with Crippen molar-refractivity contribution in [3.05, 3.63) is 78.9 Å². The maximum Gasteiger partial charge on any atom is 0.264 e. The van der Waals surface area contributed by atoms with Crippen molar-refractivity contribution in [1.29, 1.82) is 0 Å². The van der Waals surface area contributed by atoms with E-state index >= 15 is 0 Å². The zero-order chi connectivity index (χ0) is 21.6. The van der Waals surface area contributed by atoms with E-state index in [1.807, 2.05) is 24.5 Å². The maximum absolute atomic E-state index is 13.4. The molecule has 6 nitrogen and oxygen atoms in total. The highest BCUT2D eigenvalue weighted by atomic mass is 32.2. The fourth-order valence-electron chi connectivity index (χ4n) is 2.92. The van der Waals surface area contributed by atoms with E-state index in [0.29, 0.717) is 11.4 Å². The van der Waals surface area contributed by atoms with Gasteiger partial charge in [-0.25, -0.2) is 8.42 Å². The zero-order valence-electron chi connectivity index (χ0n) is 16.6. The van der Waals surface area contributed by atoms with Gasteiger partial charge in [-0.05, 0) is 42.7 Å². The first kappa shape index (κ1) is 21.7. The molecule has 0 atom stereocenters. The third kappa shape index (κ3) is 4.77. The molecule has 3 aromatic carbocycles. The fraction of sp³-hybridized carbons (Fsp3) is 0.136. The molecule has 156 valence electrons. The highest BCUT2D eigenvalue weighted by Gasteiger charge is 2.29. The van der Waals surface area contributed by atoms with Gasteiger partial charge in [-0.1, -0.05) is 42.5 Å². The van der Waals surface area contributed by atoms with Crippen molar-refractivity contribution in [3.8, 4) is 5.75 Å². The largest absolute Gasteiger partial charge is 0.495 e. The van der Waals surface area contributed by atoms with Gasteiger partial charge in [0, 0.05) is 4.90 Å². The van der Waals surface area contributed by atoms with Crippen LogP contribution in [-0.4, -0.2) is 34.2 Å². The van der Waals surface area contributed by atoms with Gasteiger partial charge in [-0.3, -0.25) is 9.10 Å². The van der Waals surface area contributed by atoms with Crippen molar-refractivity contribution in [3.63, 3.8) is 0 Å². The minimum Gasteiger partial charge on any atom is -0.495 e. The summed E-state index contributed by atoms with van der Waals surface area (Å²) in [4.78, 5) is 13.9. The molecule has 3 rings (SSSR count). The lowest BCUT2D eigenvalue weighted by atomic mass is 10.3. The van der Waals surface area contributed by atoms with E-state index in [9.17, 15) is 13.2 Å². The van der Waals surface area contributed by atoms with Crippen LogP contribution in [-0.2, 0) is 14.8 Å². The fourth-order valence-corrected chi connectivity index (χ4v) is 4.93. The molecule has 0 fully saturated rings. The summed E-state index contributed by atoms with van der Waals surface area (Å²) in [6.07, 6.45) is 1.91. The van der Waals surface area contributed by atoms with Gasteiger partial charge in [0.1, 0.15) is 12.3 Å². The molecule has 0 bridgehead atoms. The highest BCUT2D eigenvalue weighted by Crippen LogP contribution is 2.32. The van der Waals surface area contributed by atoms with Crippen molar-refractivity contribution in [2.75, 3.05) is 29.5 Å². The number of hydrogen-bond donors (Lipinski definition) is 1. The number of nitrogens with zero attached hydrogens (tertiary/aromatic N) is 1. The van der Waals surface area contributed by atoms with Crippen LogP contribution in [0.1, 0.15) is 0 Å².